The number of likely N-dealkylation sites (N-methyl/N-ethyl adjacent to an activating group) is 1. The molecule has 0 fully saturated rings. The number of carbonyl (C=O) groups is 1. The Morgan fingerprint density at radius 1 is 0.970 bits per heavy atom. The summed E-state index contributed by atoms with van der Waals surface area (Å²) in [5, 5.41) is 0. The third-order valence-corrected chi connectivity index (χ3v) is 6.36. The van der Waals surface area contributed by atoms with Crippen LogP contribution in [0.15, 0.2) is 72.8 Å². The minimum absolute atomic E-state index is 0.141. The van der Waals surface area contributed by atoms with Crippen LogP contribution >= 0.6 is 0 Å². The first-order valence-corrected chi connectivity index (χ1v) is 11.5. The second kappa shape index (κ2) is 10.5. The zero-order chi connectivity index (χ0) is 23.2. The molecule has 0 N–H and O–H groups in total. The fourth-order valence-corrected chi connectivity index (χ4v) is 4.61. The van der Waals surface area contributed by atoms with Gasteiger partial charge in [0.15, 0.2) is 11.5 Å². The fraction of sp³-hybridized carbons (Fsp3) is 0.321. The number of carbonyl (C=O) groups excluding carboxylic acids is 1. The summed E-state index contributed by atoms with van der Waals surface area (Å²) in [4.78, 5) is 17.9. The van der Waals surface area contributed by atoms with Crippen molar-refractivity contribution in [2.75, 3.05) is 33.9 Å². The van der Waals surface area contributed by atoms with Gasteiger partial charge in [-0.15, -0.1) is 0 Å². The molecular formula is C28H32N2O3. The van der Waals surface area contributed by atoms with Crippen LogP contribution in [0.1, 0.15) is 35.2 Å². The van der Waals surface area contributed by atoms with Gasteiger partial charge in [0.25, 0.3) is 0 Å². The normalized spacial score (nSPS) is 15.3. The van der Waals surface area contributed by atoms with E-state index in [2.05, 4.69) is 42.2 Å². The van der Waals surface area contributed by atoms with Crippen LogP contribution < -0.4 is 9.47 Å². The summed E-state index contributed by atoms with van der Waals surface area (Å²) >= 11 is 0. The molecule has 0 aliphatic carbocycles. The first kappa shape index (κ1) is 22.9. The Hall–Kier alpha value is -3.31. The van der Waals surface area contributed by atoms with E-state index in [0.717, 1.165) is 36.4 Å². The van der Waals surface area contributed by atoms with Gasteiger partial charge in [-0.25, -0.2) is 0 Å². The van der Waals surface area contributed by atoms with Crippen molar-refractivity contribution in [2.45, 2.75) is 25.9 Å². The maximum Gasteiger partial charge on any atom is 0.237 e. The van der Waals surface area contributed by atoms with E-state index in [0.29, 0.717) is 18.8 Å². The first-order chi connectivity index (χ1) is 16.1. The SMILES string of the molecule is CCN(CC(=O)N1CCc2cc(OC)c(OC)cc2C1c1ccccc1)Cc1ccccc1. The summed E-state index contributed by atoms with van der Waals surface area (Å²) in [6.45, 7) is 4.73. The average molecular weight is 445 g/mol. The van der Waals surface area contributed by atoms with Crippen LogP contribution in [0.2, 0.25) is 0 Å². The lowest BCUT2D eigenvalue weighted by molar-refractivity contribution is -0.134. The molecule has 5 heteroatoms. The summed E-state index contributed by atoms with van der Waals surface area (Å²) in [5.74, 6) is 1.55. The largest absolute Gasteiger partial charge is 0.493 e. The predicted octanol–water partition coefficient (Wildman–Crippen LogP) is 4.70. The molecule has 0 radical (unpaired) electrons. The Morgan fingerprint density at radius 2 is 1.61 bits per heavy atom. The second-order valence-electron chi connectivity index (χ2n) is 8.35. The van der Waals surface area contributed by atoms with E-state index < -0.39 is 0 Å². The van der Waals surface area contributed by atoms with Crippen molar-refractivity contribution in [1.29, 1.82) is 0 Å². The Kier molecular flexibility index (Phi) is 7.30. The van der Waals surface area contributed by atoms with Crippen LogP contribution in [0, 0.1) is 0 Å². The maximum absolute atomic E-state index is 13.7. The van der Waals surface area contributed by atoms with Crippen LogP contribution in [0.25, 0.3) is 0 Å². The molecule has 1 unspecified atom stereocenters. The van der Waals surface area contributed by atoms with Crippen molar-refractivity contribution in [1.82, 2.24) is 9.80 Å². The highest BCUT2D eigenvalue weighted by Gasteiger charge is 2.33. The van der Waals surface area contributed by atoms with Crippen molar-refractivity contribution in [3.05, 3.63) is 95.1 Å². The van der Waals surface area contributed by atoms with Crippen molar-refractivity contribution >= 4 is 5.91 Å². The zero-order valence-electron chi connectivity index (χ0n) is 19.7. The number of fused-ring (bicyclic) bond motifs is 1. The molecule has 3 aromatic carbocycles. The number of methoxy groups -OCH3 is 2. The number of benzene rings is 3. The van der Waals surface area contributed by atoms with Gasteiger partial charge in [-0.2, -0.15) is 0 Å². The van der Waals surface area contributed by atoms with Gasteiger partial charge in [0.1, 0.15) is 0 Å². The molecule has 0 saturated heterocycles. The molecule has 5 nitrogen and oxygen atoms in total. The van der Waals surface area contributed by atoms with E-state index in [1.165, 1.54) is 11.1 Å². The molecule has 4 rings (SSSR count). The van der Waals surface area contributed by atoms with Crippen molar-refractivity contribution < 1.29 is 14.3 Å². The van der Waals surface area contributed by atoms with Gasteiger partial charge in [-0.05, 0) is 47.4 Å². The first-order valence-electron chi connectivity index (χ1n) is 11.5. The lowest BCUT2D eigenvalue weighted by atomic mass is 9.87. The monoisotopic (exact) mass is 444 g/mol. The molecule has 0 saturated carbocycles. The molecule has 3 aromatic rings. The van der Waals surface area contributed by atoms with Gasteiger partial charge in [0, 0.05) is 13.1 Å². The molecule has 1 aliphatic rings. The zero-order valence-corrected chi connectivity index (χ0v) is 19.7. The number of hydrogen-bond donors (Lipinski definition) is 0. The van der Waals surface area contributed by atoms with Crippen LogP contribution in [0.5, 0.6) is 11.5 Å². The minimum atomic E-state index is -0.155. The van der Waals surface area contributed by atoms with E-state index in [1.807, 2.05) is 47.4 Å². The topological polar surface area (TPSA) is 42.0 Å². The van der Waals surface area contributed by atoms with E-state index in [1.54, 1.807) is 14.2 Å². The van der Waals surface area contributed by atoms with Crippen LogP contribution in [0.3, 0.4) is 0 Å². The number of ether oxygens (including phenoxy) is 2. The number of nitrogens with zero attached hydrogens (tertiary/aromatic N) is 2. The lowest BCUT2D eigenvalue weighted by Gasteiger charge is -2.39. The van der Waals surface area contributed by atoms with E-state index in [4.69, 9.17) is 9.47 Å². The van der Waals surface area contributed by atoms with Gasteiger partial charge >= 0.3 is 0 Å². The molecule has 0 spiro atoms. The molecule has 1 aliphatic heterocycles. The molecule has 0 bridgehead atoms. The summed E-state index contributed by atoms with van der Waals surface area (Å²) in [7, 11) is 3.31. The number of rotatable bonds is 8. The quantitative estimate of drug-likeness (QED) is 0.505. The molecule has 172 valence electrons. The van der Waals surface area contributed by atoms with E-state index in [9.17, 15) is 4.79 Å². The van der Waals surface area contributed by atoms with Crippen molar-refractivity contribution in [3.8, 4) is 11.5 Å². The Balaban J connectivity index is 1.65. The predicted molar refractivity (Wildman–Crippen MR) is 131 cm³/mol. The van der Waals surface area contributed by atoms with Gasteiger partial charge in [-0.1, -0.05) is 67.6 Å². The van der Waals surface area contributed by atoms with Gasteiger partial charge < -0.3 is 14.4 Å². The highest BCUT2D eigenvalue weighted by atomic mass is 16.5. The molecular weight excluding hydrogens is 412 g/mol. The minimum Gasteiger partial charge on any atom is -0.493 e. The van der Waals surface area contributed by atoms with Crippen molar-refractivity contribution in [3.63, 3.8) is 0 Å². The third kappa shape index (κ3) is 5.04. The Labute approximate surface area is 196 Å². The molecule has 1 amide bonds. The summed E-state index contributed by atoms with van der Waals surface area (Å²) in [6.07, 6.45) is 0.787. The standard InChI is InChI=1S/C28H32N2O3/c1-4-29(19-21-11-7-5-8-12-21)20-27(31)30-16-15-23-17-25(32-2)26(33-3)18-24(23)28(30)22-13-9-6-10-14-22/h5-14,17-18,28H,4,15-16,19-20H2,1-3H3. The number of amides is 1. The Morgan fingerprint density at radius 3 is 2.24 bits per heavy atom. The van der Waals surface area contributed by atoms with Crippen LogP contribution in [0.4, 0.5) is 0 Å². The van der Waals surface area contributed by atoms with Crippen LogP contribution in [-0.4, -0.2) is 49.6 Å². The molecule has 1 heterocycles. The number of hydrogen-bond acceptors (Lipinski definition) is 4. The maximum atomic E-state index is 13.7. The second-order valence-corrected chi connectivity index (χ2v) is 8.35. The third-order valence-electron chi connectivity index (χ3n) is 6.36. The summed E-state index contributed by atoms with van der Waals surface area (Å²) in [5.41, 5.74) is 4.62. The van der Waals surface area contributed by atoms with Crippen LogP contribution in [-0.2, 0) is 17.8 Å². The summed E-state index contributed by atoms with van der Waals surface area (Å²) < 4.78 is 11.1. The van der Waals surface area contributed by atoms with Crippen molar-refractivity contribution in [2.24, 2.45) is 0 Å². The van der Waals surface area contributed by atoms with Gasteiger partial charge in [0.05, 0.1) is 26.8 Å². The lowest BCUT2D eigenvalue weighted by Crippen LogP contribution is -2.45. The average Bonchev–Trinajstić information content (AvgIpc) is 2.87. The highest BCUT2D eigenvalue weighted by molar-refractivity contribution is 5.80. The smallest absolute Gasteiger partial charge is 0.237 e. The molecule has 0 aromatic heterocycles. The van der Waals surface area contributed by atoms with E-state index in [-0.39, 0.29) is 11.9 Å². The fourth-order valence-electron chi connectivity index (χ4n) is 4.61. The highest BCUT2D eigenvalue weighted by Crippen LogP contribution is 2.41. The van der Waals surface area contributed by atoms with E-state index >= 15 is 0 Å². The molecule has 33 heavy (non-hydrogen) atoms. The Bertz CT molecular complexity index is 1070. The van der Waals surface area contributed by atoms with Gasteiger partial charge in [0.2, 0.25) is 5.91 Å². The molecule has 1 atom stereocenters. The summed E-state index contributed by atoms with van der Waals surface area (Å²) in [6, 6.07) is 24.5. The van der Waals surface area contributed by atoms with Gasteiger partial charge in [-0.3, -0.25) is 9.69 Å².